The van der Waals surface area contributed by atoms with Gasteiger partial charge in [0.25, 0.3) is 0 Å². The van der Waals surface area contributed by atoms with Crippen LogP contribution in [-0.2, 0) is 45.8 Å². The minimum absolute atomic E-state index is 0.144. The summed E-state index contributed by atoms with van der Waals surface area (Å²) in [5.41, 5.74) is -2.03. The number of ether oxygens (including phenoxy) is 4. The van der Waals surface area contributed by atoms with Crippen LogP contribution in [0, 0.1) is 11.3 Å². The highest BCUT2D eigenvalue weighted by molar-refractivity contribution is 7.99. The van der Waals surface area contributed by atoms with Crippen molar-refractivity contribution >= 4 is 57.9 Å². The second kappa shape index (κ2) is 16.5. The first-order valence-electron chi connectivity index (χ1n) is 23.5. The van der Waals surface area contributed by atoms with Gasteiger partial charge in [-0.1, -0.05) is 61.5 Å². The lowest BCUT2D eigenvalue weighted by atomic mass is 9.47. The summed E-state index contributed by atoms with van der Waals surface area (Å²) >= 11 is 8.25. The lowest BCUT2D eigenvalue weighted by Crippen LogP contribution is -2.81. The quantitative estimate of drug-likeness (QED) is 0.0918. The van der Waals surface area contributed by atoms with Gasteiger partial charge in [-0.3, -0.25) is 19.4 Å². The zero-order valence-electron chi connectivity index (χ0n) is 39.3. The summed E-state index contributed by atoms with van der Waals surface area (Å²) in [6.45, 7) is 8.47. The molecule has 3 fully saturated rings. The van der Waals surface area contributed by atoms with E-state index in [4.69, 9.17) is 30.5 Å². The highest BCUT2D eigenvalue weighted by Crippen LogP contribution is 2.68. The van der Waals surface area contributed by atoms with E-state index in [9.17, 15) is 19.8 Å². The van der Waals surface area contributed by atoms with E-state index in [1.54, 1.807) is 18.9 Å². The molecule has 3 N–H and O–H groups in total. The number of aromatic amines is 1. The topological polar surface area (TPSA) is 154 Å². The number of carbonyl (C=O) groups excluding carboxylic acids is 3. The molecule has 0 amide bonds. The number of halogens is 1. The molecule has 13 nitrogen and oxygen atoms in total. The number of likely N-dealkylation sites (N-methyl/N-ethyl adjacent to an activating group) is 1. The summed E-state index contributed by atoms with van der Waals surface area (Å²) in [6.07, 6.45) is 5.73. The Labute approximate surface area is 401 Å². The van der Waals surface area contributed by atoms with Crippen LogP contribution in [0.4, 0.5) is 5.69 Å². The molecule has 0 radical (unpaired) electrons. The van der Waals surface area contributed by atoms with Crippen LogP contribution in [0.5, 0.6) is 5.75 Å². The summed E-state index contributed by atoms with van der Waals surface area (Å²) in [5.74, 6) is -1.68. The number of benzene rings is 3. The van der Waals surface area contributed by atoms with Crippen molar-refractivity contribution in [2.24, 2.45) is 11.3 Å². The van der Waals surface area contributed by atoms with E-state index >= 15 is 4.79 Å². The Hall–Kier alpha value is -4.57. The number of nitrogens with one attached hydrogen (secondary N) is 1. The number of anilines is 1. The Balaban J connectivity index is 1.26. The average molecular weight is 954 g/mol. The van der Waals surface area contributed by atoms with Crippen molar-refractivity contribution in [2.45, 2.75) is 109 Å². The van der Waals surface area contributed by atoms with Crippen molar-refractivity contribution < 1.29 is 43.5 Å². The van der Waals surface area contributed by atoms with E-state index in [2.05, 4.69) is 45.1 Å². The Morgan fingerprint density at radius 1 is 0.940 bits per heavy atom. The lowest BCUT2D eigenvalue weighted by Gasteiger charge is -2.63. The molecule has 1 saturated carbocycles. The summed E-state index contributed by atoms with van der Waals surface area (Å²) in [5, 5.41) is 27.2. The number of piperidine rings is 1. The maximum atomic E-state index is 15.6. The molecule has 1 spiro atoms. The number of aliphatic hydroxyl groups is 2. The smallest absolute Gasteiger partial charge is 0.344 e. The molecule has 3 aromatic carbocycles. The molecular formula is C52H61ClN4O9S. The molecule has 10 rings (SSSR count). The molecule has 4 aromatic rings. The molecule has 1 aromatic heterocycles. The molecule has 6 aliphatic rings. The fourth-order valence-electron chi connectivity index (χ4n) is 14.3. The summed E-state index contributed by atoms with van der Waals surface area (Å²) in [4.78, 5) is 55.7. The molecule has 2 saturated heterocycles. The first kappa shape index (κ1) is 46.2. The van der Waals surface area contributed by atoms with Crippen molar-refractivity contribution in [3.8, 4) is 5.75 Å². The van der Waals surface area contributed by atoms with Crippen molar-refractivity contribution in [3.63, 3.8) is 0 Å². The van der Waals surface area contributed by atoms with Gasteiger partial charge in [0.15, 0.2) is 6.10 Å². The van der Waals surface area contributed by atoms with E-state index in [1.807, 2.05) is 62.2 Å². The van der Waals surface area contributed by atoms with Gasteiger partial charge in [0.05, 0.1) is 38.0 Å². The molecule has 5 aliphatic heterocycles. The first-order valence-corrected chi connectivity index (χ1v) is 24.7. The third-order valence-corrected chi connectivity index (χ3v) is 18.2. The van der Waals surface area contributed by atoms with Crippen molar-refractivity contribution in [2.75, 3.05) is 66.0 Å². The summed E-state index contributed by atoms with van der Waals surface area (Å²) < 4.78 is 24.2. The third-order valence-electron chi connectivity index (χ3n) is 16.7. The number of carbonyl (C=O) groups is 3. The molecule has 6 heterocycles. The van der Waals surface area contributed by atoms with Crippen molar-refractivity contribution in [3.05, 3.63) is 94.2 Å². The SMILES string of the molecule is CC[C@]1(O)C[C@H]2CN(CCc3c([nH]c4ccc(Sc5ccccc5Cl)cc34)[C@@](C(=O)OC)(c3cc4c(cc3OC)N(C)[C@H]3[C@@](O)(C(=O)OC)[C@H](OC(C)=O)[C@]5(CC)C=CCN6CC[C@]43[C@@H]65)C2)C1. The normalized spacial score (nSPS) is 33.9. The number of methoxy groups -OCH3 is 3. The molecule has 356 valence electrons. The van der Waals surface area contributed by atoms with Crippen LogP contribution in [0.25, 0.3) is 10.9 Å². The van der Waals surface area contributed by atoms with Gasteiger partial charge in [-0.2, -0.15) is 0 Å². The maximum absolute atomic E-state index is 15.6. The van der Waals surface area contributed by atoms with Gasteiger partial charge in [-0.25, -0.2) is 4.79 Å². The van der Waals surface area contributed by atoms with Crippen LogP contribution < -0.4 is 9.64 Å². The zero-order valence-corrected chi connectivity index (χ0v) is 40.9. The van der Waals surface area contributed by atoms with Crippen LogP contribution in [0.15, 0.2) is 76.5 Å². The number of nitrogens with zero attached hydrogens (tertiary/aromatic N) is 3. The second-order valence-electron chi connectivity index (χ2n) is 19.9. The Morgan fingerprint density at radius 2 is 1.72 bits per heavy atom. The molecule has 10 atom stereocenters. The standard InChI is InChI=1S/C52H61ClN4O9S/c1-8-48(61)26-31-27-51(46(59)64-6,42-33(17-21-56(28-31)29-48)34-23-32(15-16-38(34)54-42)67-41-14-11-10-13-37(41)53)36-24-35-39(25-40(36)63-5)55(4)44-50(35)19-22-57-20-12-18-49(9-2,43(50)57)45(66-30(3)58)52(44,62)47(60)65-7/h10-16,18,23-25,31,43-45,54,61-62H,8-9,17,19-22,26-29H2,1-7H3/t31-,43+,44-,45-,48+,49-,50-,51+,52+/m1/s1. The Kier molecular flexibility index (Phi) is 11.4. The van der Waals surface area contributed by atoms with Gasteiger partial charge < -0.3 is 39.0 Å². The van der Waals surface area contributed by atoms with Crippen molar-refractivity contribution in [1.29, 1.82) is 0 Å². The zero-order chi connectivity index (χ0) is 47.4. The van der Waals surface area contributed by atoms with Crippen LogP contribution in [0.3, 0.4) is 0 Å². The number of esters is 3. The van der Waals surface area contributed by atoms with Gasteiger partial charge in [-0.05, 0) is 98.5 Å². The minimum Gasteiger partial charge on any atom is -0.496 e. The first-order chi connectivity index (χ1) is 32.1. The minimum atomic E-state index is -2.33. The van der Waals surface area contributed by atoms with Gasteiger partial charge in [-0.15, -0.1) is 0 Å². The van der Waals surface area contributed by atoms with Gasteiger partial charge in [0.1, 0.15) is 11.2 Å². The average Bonchev–Trinajstić information content (AvgIpc) is 3.98. The van der Waals surface area contributed by atoms with Gasteiger partial charge >= 0.3 is 17.9 Å². The van der Waals surface area contributed by atoms with E-state index in [-0.39, 0.29) is 12.0 Å². The Morgan fingerprint density at radius 3 is 2.42 bits per heavy atom. The largest absolute Gasteiger partial charge is 0.496 e. The third kappa shape index (κ3) is 6.52. The number of H-pyrrole nitrogens is 1. The molecule has 1 unspecified atom stereocenters. The fraction of sp³-hybridized carbons (Fsp3) is 0.519. The van der Waals surface area contributed by atoms with Crippen LogP contribution >= 0.6 is 23.4 Å². The van der Waals surface area contributed by atoms with E-state index in [0.29, 0.717) is 93.3 Å². The van der Waals surface area contributed by atoms with Gasteiger partial charge in [0, 0.05) is 101 Å². The van der Waals surface area contributed by atoms with E-state index in [0.717, 1.165) is 37.5 Å². The molecule has 15 heteroatoms. The van der Waals surface area contributed by atoms with Crippen LogP contribution in [0.2, 0.25) is 5.02 Å². The second-order valence-corrected chi connectivity index (χ2v) is 21.4. The van der Waals surface area contributed by atoms with E-state index < -0.39 is 57.5 Å². The molecule has 1 aliphatic carbocycles. The highest BCUT2D eigenvalue weighted by Gasteiger charge is 2.80. The van der Waals surface area contributed by atoms with Crippen LogP contribution in [-0.4, -0.2) is 133 Å². The highest BCUT2D eigenvalue weighted by atomic mass is 35.5. The number of rotatable bonds is 9. The number of hydrogen-bond acceptors (Lipinski definition) is 13. The molecule has 67 heavy (non-hydrogen) atoms. The summed E-state index contributed by atoms with van der Waals surface area (Å²) in [6, 6.07) is 16.8. The molecule has 2 bridgehead atoms. The van der Waals surface area contributed by atoms with E-state index in [1.165, 1.54) is 21.1 Å². The number of fused-ring (bicyclic) bond motifs is 6. The lowest BCUT2D eigenvalue weighted by molar-refractivity contribution is -0.228. The molecular weight excluding hydrogens is 892 g/mol. The number of aromatic nitrogens is 1. The van der Waals surface area contributed by atoms with Crippen LogP contribution in [0.1, 0.15) is 75.3 Å². The number of hydrogen-bond donors (Lipinski definition) is 3. The van der Waals surface area contributed by atoms with Crippen molar-refractivity contribution in [1.82, 2.24) is 14.8 Å². The predicted octanol–water partition coefficient (Wildman–Crippen LogP) is 6.80. The monoisotopic (exact) mass is 952 g/mol. The fourth-order valence-corrected chi connectivity index (χ4v) is 15.4. The predicted molar refractivity (Wildman–Crippen MR) is 256 cm³/mol. The maximum Gasteiger partial charge on any atom is 0.344 e. The van der Waals surface area contributed by atoms with Gasteiger partial charge in [0.2, 0.25) is 5.60 Å². The Bertz CT molecular complexity index is 2710. The summed E-state index contributed by atoms with van der Waals surface area (Å²) in [7, 11) is 6.15.